The van der Waals surface area contributed by atoms with E-state index in [1.165, 1.54) is 6.07 Å². The number of nitrogens with one attached hydrogen (secondary N) is 1. The summed E-state index contributed by atoms with van der Waals surface area (Å²) in [5.41, 5.74) is 0.240. The highest BCUT2D eigenvalue weighted by Crippen LogP contribution is 2.36. The molecule has 0 aliphatic carbocycles. The van der Waals surface area contributed by atoms with E-state index in [4.69, 9.17) is 4.74 Å². The Kier molecular flexibility index (Phi) is 4.45. The summed E-state index contributed by atoms with van der Waals surface area (Å²) in [6.07, 6.45) is 1.50. The third kappa shape index (κ3) is 3.55. The van der Waals surface area contributed by atoms with Gasteiger partial charge < -0.3 is 10.1 Å². The van der Waals surface area contributed by atoms with E-state index < -0.39 is 11.6 Å². The van der Waals surface area contributed by atoms with Crippen LogP contribution in [0, 0.1) is 11.6 Å². The second-order valence-electron chi connectivity index (χ2n) is 6.62. The van der Waals surface area contributed by atoms with Gasteiger partial charge >= 0.3 is 0 Å². The molecule has 1 fully saturated rings. The summed E-state index contributed by atoms with van der Waals surface area (Å²) in [5.74, 6) is -0.986. The van der Waals surface area contributed by atoms with Crippen LogP contribution >= 0.6 is 0 Å². The van der Waals surface area contributed by atoms with Crippen LogP contribution in [-0.4, -0.2) is 25.3 Å². The molecule has 0 bridgehead atoms. The van der Waals surface area contributed by atoms with Gasteiger partial charge in [-0.3, -0.25) is 0 Å². The third-order valence-electron chi connectivity index (χ3n) is 3.91. The number of benzene rings is 1. The standard InChI is InChI=1S/C16H23F2NO/c1-15(2,3)19-11-16(6-8-20-9-7-16)13-5-4-12(17)10-14(13)18/h4-5,10,19H,6-9,11H2,1-3H3. The van der Waals surface area contributed by atoms with E-state index in [0.717, 1.165) is 18.9 Å². The predicted molar refractivity (Wildman–Crippen MR) is 75.8 cm³/mol. The van der Waals surface area contributed by atoms with E-state index in [-0.39, 0.29) is 11.0 Å². The predicted octanol–water partition coefficient (Wildman–Crippen LogP) is 3.40. The average Bonchev–Trinajstić information content (AvgIpc) is 2.36. The van der Waals surface area contributed by atoms with Gasteiger partial charge in [0.2, 0.25) is 0 Å². The minimum absolute atomic E-state index is 0.0399. The lowest BCUT2D eigenvalue weighted by atomic mass is 9.73. The van der Waals surface area contributed by atoms with Crippen molar-refractivity contribution in [3.8, 4) is 0 Å². The van der Waals surface area contributed by atoms with Gasteiger partial charge in [0.15, 0.2) is 0 Å². The Morgan fingerprint density at radius 1 is 1.20 bits per heavy atom. The van der Waals surface area contributed by atoms with Crippen LogP contribution in [0.2, 0.25) is 0 Å². The molecule has 0 saturated carbocycles. The first-order valence-corrected chi connectivity index (χ1v) is 7.11. The van der Waals surface area contributed by atoms with Gasteiger partial charge in [-0.1, -0.05) is 6.07 Å². The van der Waals surface area contributed by atoms with Crippen LogP contribution in [0.25, 0.3) is 0 Å². The molecule has 4 heteroatoms. The zero-order chi connectivity index (χ0) is 14.8. The fourth-order valence-corrected chi connectivity index (χ4v) is 2.66. The van der Waals surface area contributed by atoms with E-state index in [1.54, 1.807) is 6.07 Å². The van der Waals surface area contributed by atoms with Crippen LogP contribution in [0.4, 0.5) is 8.78 Å². The van der Waals surface area contributed by atoms with Crippen LogP contribution < -0.4 is 5.32 Å². The fraction of sp³-hybridized carbons (Fsp3) is 0.625. The van der Waals surface area contributed by atoms with Crippen molar-refractivity contribution < 1.29 is 13.5 Å². The van der Waals surface area contributed by atoms with Crippen molar-refractivity contribution in [1.29, 1.82) is 0 Å². The van der Waals surface area contributed by atoms with Crippen LogP contribution in [-0.2, 0) is 10.2 Å². The largest absolute Gasteiger partial charge is 0.381 e. The van der Waals surface area contributed by atoms with Crippen LogP contribution in [0.1, 0.15) is 39.2 Å². The van der Waals surface area contributed by atoms with Crippen LogP contribution in [0.5, 0.6) is 0 Å². The van der Waals surface area contributed by atoms with E-state index in [9.17, 15) is 8.78 Å². The molecule has 0 atom stereocenters. The topological polar surface area (TPSA) is 21.3 Å². The molecule has 0 unspecified atom stereocenters. The van der Waals surface area contributed by atoms with Gasteiger partial charge in [-0.15, -0.1) is 0 Å². The van der Waals surface area contributed by atoms with Gasteiger partial charge in [-0.25, -0.2) is 8.78 Å². The molecule has 1 N–H and O–H groups in total. The number of ether oxygens (including phenoxy) is 1. The second-order valence-corrected chi connectivity index (χ2v) is 6.62. The Labute approximate surface area is 119 Å². The summed E-state index contributed by atoms with van der Waals surface area (Å²) in [4.78, 5) is 0. The summed E-state index contributed by atoms with van der Waals surface area (Å²) >= 11 is 0. The highest BCUT2D eigenvalue weighted by molar-refractivity contribution is 5.29. The molecule has 1 heterocycles. The molecule has 1 aliphatic rings. The summed E-state index contributed by atoms with van der Waals surface area (Å²) in [6.45, 7) is 8.15. The first-order valence-electron chi connectivity index (χ1n) is 7.11. The van der Waals surface area contributed by atoms with Gasteiger partial charge in [-0.05, 0) is 45.2 Å². The maximum absolute atomic E-state index is 14.2. The van der Waals surface area contributed by atoms with E-state index >= 15 is 0 Å². The molecule has 1 aromatic rings. The Hall–Kier alpha value is -1.00. The van der Waals surface area contributed by atoms with Crippen molar-refractivity contribution in [1.82, 2.24) is 5.32 Å². The minimum Gasteiger partial charge on any atom is -0.381 e. The fourth-order valence-electron chi connectivity index (χ4n) is 2.66. The molecule has 20 heavy (non-hydrogen) atoms. The lowest BCUT2D eigenvalue weighted by Crippen LogP contribution is -2.49. The first-order chi connectivity index (χ1) is 9.32. The summed E-state index contributed by atoms with van der Waals surface area (Å²) in [7, 11) is 0. The number of halogens is 2. The average molecular weight is 283 g/mol. The summed E-state index contributed by atoms with van der Waals surface area (Å²) < 4.78 is 32.7. The monoisotopic (exact) mass is 283 g/mol. The third-order valence-corrected chi connectivity index (χ3v) is 3.91. The van der Waals surface area contributed by atoms with E-state index in [2.05, 4.69) is 26.1 Å². The Bertz CT molecular complexity index is 462. The minimum atomic E-state index is -0.530. The highest BCUT2D eigenvalue weighted by Gasteiger charge is 2.37. The normalized spacial score (nSPS) is 19.1. The lowest BCUT2D eigenvalue weighted by molar-refractivity contribution is 0.0463. The number of hydrogen-bond acceptors (Lipinski definition) is 2. The molecule has 2 rings (SSSR count). The second kappa shape index (κ2) is 5.78. The molecule has 112 valence electrons. The molecular formula is C16H23F2NO. The molecule has 1 aromatic carbocycles. The molecule has 0 spiro atoms. The van der Waals surface area contributed by atoms with Crippen molar-refractivity contribution >= 4 is 0 Å². The lowest BCUT2D eigenvalue weighted by Gasteiger charge is -2.40. The van der Waals surface area contributed by atoms with E-state index in [1.807, 2.05) is 0 Å². The molecule has 0 amide bonds. The molecule has 1 aliphatic heterocycles. The van der Waals surface area contributed by atoms with Gasteiger partial charge in [0.05, 0.1) is 0 Å². The summed E-state index contributed by atoms with van der Waals surface area (Å²) in [5, 5.41) is 3.46. The van der Waals surface area contributed by atoms with Gasteiger partial charge in [0, 0.05) is 36.8 Å². The first kappa shape index (κ1) is 15.4. The van der Waals surface area contributed by atoms with Gasteiger partial charge in [-0.2, -0.15) is 0 Å². The van der Waals surface area contributed by atoms with E-state index in [0.29, 0.717) is 25.3 Å². The Balaban J connectivity index is 2.30. The summed E-state index contributed by atoms with van der Waals surface area (Å²) in [6, 6.07) is 3.90. The van der Waals surface area contributed by atoms with Crippen molar-refractivity contribution in [2.45, 2.75) is 44.6 Å². The maximum atomic E-state index is 14.2. The SMILES string of the molecule is CC(C)(C)NCC1(c2ccc(F)cc2F)CCOCC1. The zero-order valence-corrected chi connectivity index (χ0v) is 12.4. The van der Waals surface area contributed by atoms with Crippen molar-refractivity contribution in [3.05, 3.63) is 35.4 Å². The van der Waals surface area contributed by atoms with Crippen LogP contribution in [0.3, 0.4) is 0 Å². The van der Waals surface area contributed by atoms with Crippen LogP contribution in [0.15, 0.2) is 18.2 Å². The van der Waals surface area contributed by atoms with Crippen molar-refractivity contribution in [3.63, 3.8) is 0 Å². The van der Waals surface area contributed by atoms with Crippen molar-refractivity contribution in [2.24, 2.45) is 0 Å². The smallest absolute Gasteiger partial charge is 0.129 e. The molecule has 2 nitrogen and oxygen atoms in total. The van der Waals surface area contributed by atoms with Gasteiger partial charge in [0.25, 0.3) is 0 Å². The quantitative estimate of drug-likeness (QED) is 0.918. The molecule has 0 radical (unpaired) electrons. The Morgan fingerprint density at radius 3 is 2.40 bits per heavy atom. The number of hydrogen-bond donors (Lipinski definition) is 1. The highest BCUT2D eigenvalue weighted by atomic mass is 19.1. The molecular weight excluding hydrogens is 260 g/mol. The van der Waals surface area contributed by atoms with Gasteiger partial charge in [0.1, 0.15) is 11.6 Å². The Morgan fingerprint density at radius 2 is 1.85 bits per heavy atom. The zero-order valence-electron chi connectivity index (χ0n) is 12.4. The maximum Gasteiger partial charge on any atom is 0.129 e. The molecule has 0 aromatic heterocycles. The number of rotatable bonds is 3. The van der Waals surface area contributed by atoms with Crippen molar-refractivity contribution in [2.75, 3.05) is 19.8 Å². The molecule has 1 saturated heterocycles.